The third-order valence-electron chi connectivity index (χ3n) is 2.39. The number of nitrogens with one attached hydrogen (secondary N) is 2. The Morgan fingerprint density at radius 3 is 2.58 bits per heavy atom. The van der Waals surface area contributed by atoms with Crippen LogP contribution in [0.1, 0.15) is 33.0 Å². The van der Waals surface area contributed by atoms with Gasteiger partial charge in [-0.3, -0.25) is 4.79 Å². The number of urea groups is 1. The molecule has 0 aliphatic rings. The second kappa shape index (κ2) is 6.12. The minimum atomic E-state index is -0.944. The summed E-state index contributed by atoms with van der Waals surface area (Å²) >= 11 is 0. The number of H-pyrrole nitrogens is 1. The molecule has 0 fully saturated rings. The zero-order valence-electron chi connectivity index (χ0n) is 11.2. The van der Waals surface area contributed by atoms with Crippen LogP contribution in [-0.4, -0.2) is 54.7 Å². The van der Waals surface area contributed by atoms with Crippen molar-refractivity contribution in [2.45, 2.75) is 39.3 Å². The van der Waals surface area contributed by atoms with Gasteiger partial charge in [0, 0.05) is 12.1 Å². The topological polar surface area (TPSA) is 124 Å². The van der Waals surface area contributed by atoms with Gasteiger partial charge in [0.2, 0.25) is 0 Å². The third-order valence-corrected chi connectivity index (χ3v) is 2.39. The molecular formula is C10H18N6O3. The number of rotatable bonds is 5. The second-order valence-electron chi connectivity index (χ2n) is 4.95. The molecule has 2 amide bonds. The highest BCUT2D eigenvalue weighted by Gasteiger charge is 2.26. The van der Waals surface area contributed by atoms with Crippen LogP contribution < -0.4 is 5.32 Å². The van der Waals surface area contributed by atoms with E-state index in [1.165, 1.54) is 4.90 Å². The summed E-state index contributed by atoms with van der Waals surface area (Å²) in [5, 5.41) is 24.4. The van der Waals surface area contributed by atoms with Crippen molar-refractivity contribution in [1.29, 1.82) is 0 Å². The molecule has 106 valence electrons. The number of carboxylic acid groups (broad SMARTS) is 1. The molecule has 0 spiro atoms. The number of aromatic nitrogens is 4. The van der Waals surface area contributed by atoms with E-state index in [-0.39, 0.29) is 25.5 Å². The molecule has 0 aliphatic carbocycles. The summed E-state index contributed by atoms with van der Waals surface area (Å²) in [6.07, 6.45) is -0.104. The van der Waals surface area contributed by atoms with E-state index in [0.717, 1.165) is 0 Å². The lowest BCUT2D eigenvalue weighted by Crippen LogP contribution is -2.51. The summed E-state index contributed by atoms with van der Waals surface area (Å²) in [4.78, 5) is 24.1. The fraction of sp³-hybridized carbons (Fsp3) is 0.700. The monoisotopic (exact) mass is 270 g/mol. The molecule has 0 aromatic carbocycles. The first-order valence-electron chi connectivity index (χ1n) is 5.80. The Bertz CT molecular complexity index is 425. The van der Waals surface area contributed by atoms with Crippen molar-refractivity contribution in [2.24, 2.45) is 0 Å². The summed E-state index contributed by atoms with van der Waals surface area (Å²) < 4.78 is 0. The summed E-state index contributed by atoms with van der Waals surface area (Å²) in [7, 11) is 0. The Morgan fingerprint density at radius 1 is 1.42 bits per heavy atom. The molecule has 0 bridgehead atoms. The van der Waals surface area contributed by atoms with Gasteiger partial charge >= 0.3 is 12.0 Å². The minimum Gasteiger partial charge on any atom is -0.481 e. The number of hydrogen-bond donors (Lipinski definition) is 3. The largest absolute Gasteiger partial charge is 0.481 e. The molecule has 19 heavy (non-hydrogen) atoms. The summed E-state index contributed by atoms with van der Waals surface area (Å²) in [5.41, 5.74) is -0.475. The number of nitrogens with zero attached hydrogens (tertiary/aromatic N) is 4. The van der Waals surface area contributed by atoms with Crippen molar-refractivity contribution >= 4 is 12.0 Å². The van der Waals surface area contributed by atoms with Gasteiger partial charge in [0.05, 0.1) is 13.0 Å². The fourth-order valence-corrected chi connectivity index (χ4v) is 1.46. The molecule has 9 nitrogen and oxygen atoms in total. The number of carboxylic acids is 1. The summed E-state index contributed by atoms with van der Waals surface area (Å²) in [6, 6.07) is -0.362. The van der Waals surface area contributed by atoms with Gasteiger partial charge in [-0.25, -0.2) is 4.79 Å². The molecule has 0 atom stereocenters. The standard InChI is InChI=1S/C10H18N6O3/c1-10(2,3)16(5-4-8(17)18)9(19)11-6-7-12-14-15-13-7/h4-6H2,1-3H3,(H,11,19)(H,17,18)(H,12,13,14,15). The lowest BCUT2D eigenvalue weighted by molar-refractivity contribution is -0.137. The van der Waals surface area contributed by atoms with E-state index in [1.54, 1.807) is 0 Å². The predicted molar refractivity (Wildman–Crippen MR) is 65.1 cm³/mol. The Kier molecular flexibility index (Phi) is 4.79. The van der Waals surface area contributed by atoms with E-state index in [0.29, 0.717) is 5.82 Å². The van der Waals surface area contributed by atoms with Crippen LogP contribution in [0.2, 0.25) is 0 Å². The Labute approximate surface area is 110 Å². The highest BCUT2D eigenvalue weighted by molar-refractivity contribution is 5.76. The Hall–Kier alpha value is -2.19. The van der Waals surface area contributed by atoms with Crippen LogP contribution in [0.5, 0.6) is 0 Å². The highest BCUT2D eigenvalue weighted by Crippen LogP contribution is 2.14. The zero-order valence-corrected chi connectivity index (χ0v) is 11.2. The van der Waals surface area contributed by atoms with Crippen molar-refractivity contribution in [1.82, 2.24) is 30.8 Å². The number of carbonyl (C=O) groups is 2. The van der Waals surface area contributed by atoms with Crippen LogP contribution in [-0.2, 0) is 11.3 Å². The molecule has 0 aliphatic heterocycles. The number of carbonyl (C=O) groups excluding carboxylic acids is 1. The molecule has 3 N–H and O–H groups in total. The minimum absolute atomic E-state index is 0.104. The molecular weight excluding hydrogens is 252 g/mol. The second-order valence-corrected chi connectivity index (χ2v) is 4.95. The highest BCUT2D eigenvalue weighted by atomic mass is 16.4. The van der Waals surface area contributed by atoms with Gasteiger partial charge in [0.15, 0.2) is 5.82 Å². The van der Waals surface area contributed by atoms with Crippen molar-refractivity contribution < 1.29 is 14.7 Å². The molecule has 1 heterocycles. The van der Waals surface area contributed by atoms with Gasteiger partial charge < -0.3 is 15.3 Å². The average Bonchev–Trinajstić information content (AvgIpc) is 2.76. The van der Waals surface area contributed by atoms with Gasteiger partial charge in [0.25, 0.3) is 0 Å². The van der Waals surface area contributed by atoms with Gasteiger partial charge in [-0.2, -0.15) is 5.21 Å². The van der Waals surface area contributed by atoms with E-state index in [1.807, 2.05) is 20.8 Å². The van der Waals surface area contributed by atoms with Gasteiger partial charge in [-0.05, 0) is 20.8 Å². The van der Waals surface area contributed by atoms with E-state index in [2.05, 4.69) is 25.9 Å². The molecule has 0 saturated carbocycles. The molecule has 9 heteroatoms. The van der Waals surface area contributed by atoms with Crippen LogP contribution in [0.4, 0.5) is 4.79 Å². The summed E-state index contributed by atoms with van der Waals surface area (Å²) in [6.45, 7) is 5.78. The van der Waals surface area contributed by atoms with Crippen LogP contribution in [0.3, 0.4) is 0 Å². The quantitative estimate of drug-likeness (QED) is 0.691. The maximum atomic E-state index is 12.0. The maximum absolute atomic E-state index is 12.0. The van der Waals surface area contributed by atoms with Crippen LogP contribution in [0, 0.1) is 0 Å². The molecule has 1 aromatic rings. The maximum Gasteiger partial charge on any atom is 0.318 e. The van der Waals surface area contributed by atoms with E-state index >= 15 is 0 Å². The Morgan fingerprint density at radius 2 is 2.11 bits per heavy atom. The van der Waals surface area contributed by atoms with E-state index in [4.69, 9.17) is 5.11 Å². The Balaban J connectivity index is 2.58. The van der Waals surface area contributed by atoms with Crippen molar-refractivity contribution in [3.05, 3.63) is 5.82 Å². The molecule has 0 unspecified atom stereocenters. The van der Waals surface area contributed by atoms with Crippen LogP contribution >= 0.6 is 0 Å². The number of amides is 2. The number of tetrazole rings is 1. The van der Waals surface area contributed by atoms with Crippen molar-refractivity contribution in [3.8, 4) is 0 Å². The van der Waals surface area contributed by atoms with E-state index < -0.39 is 11.5 Å². The molecule has 0 radical (unpaired) electrons. The molecule has 0 saturated heterocycles. The van der Waals surface area contributed by atoms with Gasteiger partial charge in [0.1, 0.15) is 0 Å². The molecule has 1 aromatic heterocycles. The number of aliphatic carboxylic acids is 1. The third kappa shape index (κ3) is 4.90. The van der Waals surface area contributed by atoms with Crippen LogP contribution in [0.25, 0.3) is 0 Å². The zero-order chi connectivity index (χ0) is 14.5. The van der Waals surface area contributed by atoms with Gasteiger partial charge in [-0.15, -0.1) is 10.2 Å². The molecule has 1 rings (SSSR count). The first kappa shape index (κ1) is 14.9. The number of aromatic amines is 1. The fourth-order valence-electron chi connectivity index (χ4n) is 1.46. The summed E-state index contributed by atoms with van der Waals surface area (Å²) in [5.74, 6) is -0.583. The first-order valence-corrected chi connectivity index (χ1v) is 5.80. The van der Waals surface area contributed by atoms with Gasteiger partial charge in [-0.1, -0.05) is 5.21 Å². The first-order chi connectivity index (χ1) is 8.80. The van der Waals surface area contributed by atoms with Crippen LogP contribution in [0.15, 0.2) is 0 Å². The predicted octanol–water partition coefficient (Wildman–Crippen LogP) is -0.0155. The average molecular weight is 270 g/mol. The lowest BCUT2D eigenvalue weighted by atomic mass is 10.1. The van der Waals surface area contributed by atoms with E-state index in [9.17, 15) is 9.59 Å². The van der Waals surface area contributed by atoms with Crippen molar-refractivity contribution in [3.63, 3.8) is 0 Å². The lowest BCUT2D eigenvalue weighted by Gasteiger charge is -2.35. The number of hydrogen-bond acceptors (Lipinski definition) is 5. The smallest absolute Gasteiger partial charge is 0.318 e. The normalized spacial score (nSPS) is 11.1. The SMILES string of the molecule is CC(C)(C)N(CCC(=O)O)C(=O)NCc1nn[nH]n1. The van der Waals surface area contributed by atoms with Crippen molar-refractivity contribution in [2.75, 3.05) is 6.54 Å².